The van der Waals surface area contributed by atoms with Crippen molar-refractivity contribution in [2.45, 2.75) is 19.5 Å². The Labute approximate surface area is 136 Å². The number of fused-ring (bicyclic) bond motifs is 1. The molecule has 3 aromatic rings. The van der Waals surface area contributed by atoms with Crippen LogP contribution in [0.1, 0.15) is 18.2 Å². The van der Waals surface area contributed by atoms with Gasteiger partial charge in [-0.15, -0.1) is 0 Å². The first-order chi connectivity index (χ1) is 11.5. The van der Waals surface area contributed by atoms with Gasteiger partial charge in [-0.3, -0.25) is 14.3 Å². The number of para-hydroxylation sites is 1. The van der Waals surface area contributed by atoms with Crippen LogP contribution in [-0.4, -0.2) is 38.0 Å². The molecule has 0 aliphatic carbocycles. The molecule has 0 amide bonds. The van der Waals surface area contributed by atoms with E-state index >= 15 is 0 Å². The number of hydrogen-bond donors (Lipinski definition) is 1. The maximum absolute atomic E-state index is 12.8. The number of nitrogens with one attached hydrogen (secondary N) is 1. The predicted octanol–water partition coefficient (Wildman–Crippen LogP) is 2.19. The first-order valence-corrected chi connectivity index (χ1v) is 7.51. The zero-order valence-corrected chi connectivity index (χ0v) is 13.1. The summed E-state index contributed by atoms with van der Waals surface area (Å²) in [6, 6.07) is 7.13. The van der Waals surface area contributed by atoms with E-state index in [4.69, 9.17) is 0 Å². The van der Waals surface area contributed by atoms with Crippen LogP contribution in [0.2, 0.25) is 0 Å². The summed E-state index contributed by atoms with van der Waals surface area (Å²) in [5.74, 6) is 0.871. The molecule has 0 radical (unpaired) electrons. The van der Waals surface area contributed by atoms with Crippen LogP contribution in [0.4, 0.5) is 8.78 Å². The number of halogens is 2. The molecule has 0 aliphatic heterocycles. The summed E-state index contributed by atoms with van der Waals surface area (Å²) in [5, 5.41) is 0.550. The van der Waals surface area contributed by atoms with Crippen molar-refractivity contribution in [3.63, 3.8) is 0 Å². The first kappa shape index (κ1) is 16.3. The number of alkyl halides is 2. The van der Waals surface area contributed by atoms with Gasteiger partial charge in [0.05, 0.1) is 17.4 Å². The molecule has 0 aliphatic rings. The third-order valence-corrected chi connectivity index (χ3v) is 3.76. The van der Waals surface area contributed by atoms with Crippen LogP contribution in [-0.2, 0) is 13.0 Å². The second kappa shape index (κ2) is 6.88. The molecule has 0 bridgehead atoms. The number of rotatable bonds is 6. The highest BCUT2D eigenvalue weighted by atomic mass is 19.3. The van der Waals surface area contributed by atoms with E-state index in [9.17, 15) is 13.6 Å². The van der Waals surface area contributed by atoms with Crippen LogP contribution in [0.25, 0.3) is 10.9 Å². The highest BCUT2D eigenvalue weighted by molar-refractivity contribution is 5.77. The average Bonchev–Trinajstić information content (AvgIpc) is 3.01. The van der Waals surface area contributed by atoms with Gasteiger partial charge in [0.25, 0.3) is 5.56 Å². The standard InChI is InChI=1S/C16H17F2N5O/c1-22(10-14-19-7-9-23(14)16(17)18)8-6-13-20-12-5-3-2-4-11(12)15(24)21-13/h2-5,7,9,16H,6,8,10H2,1H3,(H,20,21,24). The number of benzene rings is 1. The topological polar surface area (TPSA) is 66.8 Å². The van der Waals surface area contributed by atoms with E-state index in [0.717, 1.165) is 4.57 Å². The normalized spacial score (nSPS) is 11.7. The highest BCUT2D eigenvalue weighted by Crippen LogP contribution is 2.13. The van der Waals surface area contributed by atoms with E-state index in [-0.39, 0.29) is 12.1 Å². The van der Waals surface area contributed by atoms with Gasteiger partial charge in [-0.1, -0.05) is 12.1 Å². The number of hydrogen-bond acceptors (Lipinski definition) is 4. The average molecular weight is 333 g/mol. The molecule has 126 valence electrons. The first-order valence-electron chi connectivity index (χ1n) is 7.51. The minimum absolute atomic E-state index is 0.175. The summed E-state index contributed by atoms with van der Waals surface area (Å²) in [6.07, 6.45) is 3.12. The van der Waals surface area contributed by atoms with E-state index in [2.05, 4.69) is 15.0 Å². The fourth-order valence-electron chi connectivity index (χ4n) is 2.51. The van der Waals surface area contributed by atoms with E-state index in [1.807, 2.05) is 18.0 Å². The molecule has 0 unspecified atom stereocenters. The number of imidazole rings is 1. The van der Waals surface area contributed by atoms with Gasteiger partial charge < -0.3 is 4.98 Å². The van der Waals surface area contributed by atoms with Crippen LogP contribution < -0.4 is 5.56 Å². The van der Waals surface area contributed by atoms with E-state index in [0.29, 0.717) is 35.5 Å². The van der Waals surface area contributed by atoms with Gasteiger partial charge >= 0.3 is 6.55 Å². The number of aromatic amines is 1. The van der Waals surface area contributed by atoms with E-state index in [1.165, 1.54) is 12.4 Å². The predicted molar refractivity (Wildman–Crippen MR) is 85.9 cm³/mol. The molecule has 6 nitrogen and oxygen atoms in total. The van der Waals surface area contributed by atoms with E-state index < -0.39 is 6.55 Å². The lowest BCUT2D eigenvalue weighted by Crippen LogP contribution is -2.24. The van der Waals surface area contributed by atoms with Crippen LogP contribution in [0.15, 0.2) is 41.5 Å². The molecular formula is C16H17F2N5O. The monoisotopic (exact) mass is 333 g/mol. The van der Waals surface area contributed by atoms with Crippen molar-refractivity contribution >= 4 is 10.9 Å². The smallest absolute Gasteiger partial charge is 0.310 e. The van der Waals surface area contributed by atoms with Crippen LogP contribution in [0.3, 0.4) is 0 Å². The molecule has 2 heterocycles. The molecule has 2 aromatic heterocycles. The SMILES string of the molecule is CN(CCc1nc2ccccc2c(=O)[nH]1)Cc1nccn1C(F)F. The minimum atomic E-state index is -2.60. The second-order valence-corrected chi connectivity index (χ2v) is 5.55. The van der Waals surface area contributed by atoms with Crippen molar-refractivity contribution < 1.29 is 8.78 Å². The summed E-state index contributed by atoms with van der Waals surface area (Å²) in [4.78, 5) is 25.0. The third kappa shape index (κ3) is 3.48. The van der Waals surface area contributed by atoms with Crippen molar-refractivity contribution in [2.24, 2.45) is 0 Å². The van der Waals surface area contributed by atoms with Gasteiger partial charge in [0.2, 0.25) is 0 Å². The maximum atomic E-state index is 12.8. The summed E-state index contributed by atoms with van der Waals surface area (Å²) in [6.45, 7) is -1.76. The molecule has 8 heteroatoms. The molecule has 3 rings (SSSR count). The molecular weight excluding hydrogens is 316 g/mol. The zero-order chi connectivity index (χ0) is 17.1. The van der Waals surface area contributed by atoms with Gasteiger partial charge in [-0.05, 0) is 19.2 Å². The fourth-order valence-corrected chi connectivity index (χ4v) is 2.51. The lowest BCUT2D eigenvalue weighted by atomic mass is 10.2. The fraction of sp³-hybridized carbons (Fsp3) is 0.312. The molecule has 24 heavy (non-hydrogen) atoms. The number of H-pyrrole nitrogens is 1. The number of nitrogens with zero attached hydrogens (tertiary/aromatic N) is 4. The Bertz CT molecular complexity index is 889. The maximum Gasteiger partial charge on any atom is 0.319 e. The Balaban J connectivity index is 1.67. The van der Waals surface area contributed by atoms with Crippen molar-refractivity contribution in [1.82, 2.24) is 24.4 Å². The summed E-state index contributed by atoms with van der Waals surface area (Å²) < 4.78 is 26.5. The summed E-state index contributed by atoms with van der Waals surface area (Å²) >= 11 is 0. The highest BCUT2D eigenvalue weighted by Gasteiger charge is 2.13. The van der Waals surface area contributed by atoms with Crippen LogP contribution in [0, 0.1) is 0 Å². The Hall–Kier alpha value is -2.61. The van der Waals surface area contributed by atoms with Crippen LogP contribution in [0.5, 0.6) is 0 Å². The number of aromatic nitrogens is 4. The molecule has 1 N–H and O–H groups in total. The zero-order valence-electron chi connectivity index (χ0n) is 13.1. The van der Waals surface area contributed by atoms with Gasteiger partial charge in [-0.25, -0.2) is 9.97 Å². The molecule has 0 fully saturated rings. The Morgan fingerprint density at radius 1 is 1.33 bits per heavy atom. The van der Waals surface area contributed by atoms with Gasteiger partial charge in [0.15, 0.2) is 0 Å². The summed E-state index contributed by atoms with van der Waals surface area (Å²) in [7, 11) is 1.81. The molecule has 0 saturated heterocycles. The van der Waals surface area contributed by atoms with Crippen LogP contribution >= 0.6 is 0 Å². The molecule has 0 spiro atoms. The van der Waals surface area contributed by atoms with Gasteiger partial charge in [0.1, 0.15) is 11.6 Å². The Morgan fingerprint density at radius 3 is 2.92 bits per heavy atom. The molecule has 0 saturated carbocycles. The van der Waals surface area contributed by atoms with Gasteiger partial charge in [0, 0.05) is 25.4 Å². The van der Waals surface area contributed by atoms with Crippen molar-refractivity contribution in [1.29, 1.82) is 0 Å². The lowest BCUT2D eigenvalue weighted by molar-refractivity contribution is 0.0646. The molecule has 0 atom stereocenters. The van der Waals surface area contributed by atoms with Crippen molar-refractivity contribution in [2.75, 3.05) is 13.6 Å². The quantitative estimate of drug-likeness (QED) is 0.751. The lowest BCUT2D eigenvalue weighted by Gasteiger charge is -2.16. The number of likely N-dealkylation sites (N-methyl/N-ethyl adjacent to an activating group) is 1. The van der Waals surface area contributed by atoms with E-state index in [1.54, 1.807) is 18.2 Å². The Morgan fingerprint density at radius 2 is 2.12 bits per heavy atom. The van der Waals surface area contributed by atoms with Gasteiger partial charge in [-0.2, -0.15) is 8.78 Å². The largest absolute Gasteiger partial charge is 0.319 e. The van der Waals surface area contributed by atoms with Crippen molar-refractivity contribution in [3.05, 3.63) is 58.7 Å². The minimum Gasteiger partial charge on any atom is -0.310 e. The van der Waals surface area contributed by atoms with Crippen molar-refractivity contribution in [3.8, 4) is 0 Å². The Kier molecular flexibility index (Phi) is 4.66. The second-order valence-electron chi connectivity index (χ2n) is 5.55. The molecule has 1 aromatic carbocycles. The third-order valence-electron chi connectivity index (χ3n) is 3.76. The summed E-state index contributed by atoms with van der Waals surface area (Å²) in [5.41, 5.74) is 0.471.